The second-order valence-electron chi connectivity index (χ2n) is 5.20. The van der Waals surface area contributed by atoms with Gasteiger partial charge in [-0.2, -0.15) is 0 Å². The molecule has 0 bridgehead atoms. The van der Waals surface area contributed by atoms with Gasteiger partial charge in [0.2, 0.25) is 0 Å². The fraction of sp³-hybridized carbons (Fsp3) is 0.333. The largest absolute Gasteiger partial charge is 0.117 e. The minimum Gasteiger partial charge on any atom is -0.117 e. The Kier molecular flexibility index (Phi) is 4.66. The maximum Gasteiger partial charge on any atom is 0.0625 e. The summed E-state index contributed by atoms with van der Waals surface area (Å²) in [7, 11) is 0. The number of hydrogen-bond acceptors (Lipinski definition) is 0. The van der Waals surface area contributed by atoms with Crippen molar-refractivity contribution < 1.29 is 0 Å². The van der Waals surface area contributed by atoms with Crippen molar-refractivity contribution in [1.29, 1.82) is 0 Å². The Morgan fingerprint density at radius 1 is 1.00 bits per heavy atom. The van der Waals surface area contributed by atoms with Crippen molar-refractivity contribution in [2.45, 2.75) is 39.0 Å². The lowest BCUT2D eigenvalue weighted by molar-refractivity contribution is 0.907. The van der Waals surface area contributed by atoms with Gasteiger partial charge in [-0.15, -0.1) is 11.6 Å². The maximum absolute atomic E-state index is 6.56. The Morgan fingerprint density at radius 2 is 1.68 bits per heavy atom. The Morgan fingerprint density at radius 3 is 2.32 bits per heavy atom. The molecule has 0 saturated heterocycles. The summed E-state index contributed by atoms with van der Waals surface area (Å²) in [4.78, 5) is 0. The molecule has 0 aliphatic heterocycles. The third-order valence-electron chi connectivity index (χ3n) is 3.65. The van der Waals surface area contributed by atoms with E-state index in [0.717, 1.165) is 12.8 Å². The van der Waals surface area contributed by atoms with Crippen molar-refractivity contribution in [3.63, 3.8) is 0 Å². The fourth-order valence-corrected chi connectivity index (χ4v) is 2.60. The van der Waals surface area contributed by atoms with Crippen molar-refractivity contribution in [1.82, 2.24) is 0 Å². The molecule has 0 radical (unpaired) electrons. The van der Waals surface area contributed by atoms with Gasteiger partial charge in [-0.1, -0.05) is 55.0 Å². The van der Waals surface area contributed by atoms with E-state index >= 15 is 0 Å². The first kappa shape index (κ1) is 14.1. The molecule has 0 N–H and O–H groups in total. The van der Waals surface area contributed by atoms with Crippen molar-refractivity contribution in [3.8, 4) is 0 Å². The minimum absolute atomic E-state index is 0.0476. The molecule has 2 rings (SSSR count). The van der Waals surface area contributed by atoms with E-state index in [1.165, 1.54) is 27.8 Å². The van der Waals surface area contributed by atoms with Crippen LogP contribution in [0.1, 0.15) is 40.1 Å². The number of rotatable bonds is 4. The Labute approximate surface area is 121 Å². The molecule has 0 aliphatic rings. The molecular formula is C18H21Cl. The van der Waals surface area contributed by atoms with Crippen LogP contribution in [0.4, 0.5) is 0 Å². The average Bonchev–Trinajstić information content (AvgIpc) is 2.43. The topological polar surface area (TPSA) is 0 Å². The predicted octanol–water partition coefficient (Wildman–Crippen LogP) is 5.39. The van der Waals surface area contributed by atoms with Gasteiger partial charge in [0.1, 0.15) is 0 Å². The van der Waals surface area contributed by atoms with Crippen molar-refractivity contribution in [2.75, 3.05) is 0 Å². The second kappa shape index (κ2) is 6.25. The summed E-state index contributed by atoms with van der Waals surface area (Å²) in [5, 5.41) is 0.0476. The highest BCUT2D eigenvalue weighted by Gasteiger charge is 2.10. The normalized spacial score (nSPS) is 12.4. The zero-order valence-electron chi connectivity index (χ0n) is 11.9. The molecule has 2 aromatic carbocycles. The third-order valence-corrected chi connectivity index (χ3v) is 4.06. The van der Waals surface area contributed by atoms with Crippen LogP contribution in [0.15, 0.2) is 42.5 Å². The van der Waals surface area contributed by atoms with E-state index in [2.05, 4.69) is 63.2 Å². The number of aryl methyl sites for hydroxylation is 3. The average molecular weight is 273 g/mol. The van der Waals surface area contributed by atoms with Gasteiger partial charge in [0, 0.05) is 0 Å². The van der Waals surface area contributed by atoms with Crippen LogP contribution >= 0.6 is 11.6 Å². The van der Waals surface area contributed by atoms with Crippen LogP contribution < -0.4 is 0 Å². The van der Waals surface area contributed by atoms with Gasteiger partial charge in [0.25, 0.3) is 0 Å². The van der Waals surface area contributed by atoms with Crippen LogP contribution in [-0.2, 0) is 12.8 Å². The van der Waals surface area contributed by atoms with Crippen LogP contribution in [0.3, 0.4) is 0 Å². The van der Waals surface area contributed by atoms with Crippen LogP contribution in [0, 0.1) is 13.8 Å². The first-order valence-corrected chi connectivity index (χ1v) is 7.33. The summed E-state index contributed by atoms with van der Waals surface area (Å²) in [5.74, 6) is 0. The van der Waals surface area contributed by atoms with E-state index in [-0.39, 0.29) is 5.38 Å². The molecule has 1 heteroatoms. The smallest absolute Gasteiger partial charge is 0.0625 e. The lowest BCUT2D eigenvalue weighted by Crippen LogP contribution is -1.99. The van der Waals surface area contributed by atoms with E-state index in [1.807, 2.05) is 0 Å². The molecule has 0 nitrogen and oxygen atoms in total. The highest BCUT2D eigenvalue weighted by atomic mass is 35.5. The molecule has 0 aliphatic carbocycles. The Balaban J connectivity index is 2.15. The van der Waals surface area contributed by atoms with Gasteiger partial charge >= 0.3 is 0 Å². The van der Waals surface area contributed by atoms with Gasteiger partial charge in [0.15, 0.2) is 0 Å². The molecule has 1 unspecified atom stereocenters. The third kappa shape index (κ3) is 3.61. The molecule has 0 fully saturated rings. The summed E-state index contributed by atoms with van der Waals surface area (Å²) in [5.41, 5.74) is 6.53. The molecule has 0 saturated carbocycles. The zero-order chi connectivity index (χ0) is 13.8. The molecular weight excluding hydrogens is 252 g/mol. The second-order valence-corrected chi connectivity index (χ2v) is 5.72. The fourth-order valence-electron chi connectivity index (χ4n) is 2.29. The van der Waals surface area contributed by atoms with Crippen LogP contribution in [0.5, 0.6) is 0 Å². The molecule has 2 aromatic rings. The van der Waals surface area contributed by atoms with E-state index in [1.54, 1.807) is 0 Å². The maximum atomic E-state index is 6.56. The summed E-state index contributed by atoms with van der Waals surface area (Å²) in [6, 6.07) is 15.2. The quantitative estimate of drug-likeness (QED) is 0.655. The summed E-state index contributed by atoms with van der Waals surface area (Å²) < 4.78 is 0. The molecule has 1 atom stereocenters. The zero-order valence-corrected chi connectivity index (χ0v) is 12.7. The number of alkyl halides is 1. The summed E-state index contributed by atoms with van der Waals surface area (Å²) in [6.07, 6.45) is 1.96. The van der Waals surface area contributed by atoms with E-state index < -0.39 is 0 Å². The Hall–Kier alpha value is -1.27. The standard InChI is InChI=1S/C18H21Cl/c1-4-15-7-9-16(10-8-15)18(19)12-17-11-13(2)5-6-14(17)3/h5-11,18H,4,12H2,1-3H3. The van der Waals surface area contributed by atoms with Gasteiger partial charge < -0.3 is 0 Å². The van der Waals surface area contributed by atoms with E-state index in [9.17, 15) is 0 Å². The van der Waals surface area contributed by atoms with Gasteiger partial charge in [-0.05, 0) is 48.9 Å². The number of hydrogen-bond donors (Lipinski definition) is 0. The van der Waals surface area contributed by atoms with E-state index in [0.29, 0.717) is 0 Å². The van der Waals surface area contributed by atoms with Crippen molar-refractivity contribution in [3.05, 3.63) is 70.3 Å². The van der Waals surface area contributed by atoms with Crippen molar-refractivity contribution in [2.24, 2.45) is 0 Å². The van der Waals surface area contributed by atoms with Gasteiger partial charge in [-0.25, -0.2) is 0 Å². The van der Waals surface area contributed by atoms with Crippen molar-refractivity contribution >= 4 is 11.6 Å². The lowest BCUT2D eigenvalue weighted by atomic mass is 9.98. The summed E-state index contributed by atoms with van der Waals surface area (Å²) >= 11 is 6.56. The monoisotopic (exact) mass is 272 g/mol. The Bertz CT molecular complexity index is 540. The van der Waals surface area contributed by atoms with Crippen LogP contribution in [-0.4, -0.2) is 0 Å². The molecule has 0 amide bonds. The molecule has 100 valence electrons. The molecule has 19 heavy (non-hydrogen) atoms. The molecule has 0 heterocycles. The summed E-state index contributed by atoms with van der Waals surface area (Å²) in [6.45, 7) is 6.45. The van der Waals surface area contributed by atoms with Gasteiger partial charge in [0.05, 0.1) is 5.38 Å². The first-order valence-electron chi connectivity index (χ1n) is 6.89. The van der Waals surface area contributed by atoms with E-state index in [4.69, 9.17) is 11.6 Å². The van der Waals surface area contributed by atoms with Crippen LogP contribution in [0.25, 0.3) is 0 Å². The first-order chi connectivity index (χ1) is 9.10. The predicted molar refractivity (Wildman–Crippen MR) is 84.0 cm³/mol. The van der Waals surface area contributed by atoms with Crippen LogP contribution in [0.2, 0.25) is 0 Å². The molecule has 0 aromatic heterocycles. The highest BCUT2D eigenvalue weighted by Crippen LogP contribution is 2.27. The number of halogens is 1. The highest BCUT2D eigenvalue weighted by molar-refractivity contribution is 6.20. The molecule has 0 spiro atoms. The minimum atomic E-state index is 0.0476. The SMILES string of the molecule is CCc1ccc(C(Cl)Cc2cc(C)ccc2C)cc1. The van der Waals surface area contributed by atoms with Gasteiger partial charge in [-0.3, -0.25) is 0 Å². The lowest BCUT2D eigenvalue weighted by Gasteiger charge is -2.13. The number of benzene rings is 2.